The molecule has 1 aromatic carbocycles. The Morgan fingerprint density at radius 1 is 1.25 bits per heavy atom. The summed E-state index contributed by atoms with van der Waals surface area (Å²) < 4.78 is 7.55. The molecule has 0 aliphatic rings. The minimum Gasteiger partial charge on any atom is -0.395 e. The number of ether oxygens (including phenoxy) is 1. The van der Waals surface area contributed by atoms with Gasteiger partial charge in [-0.2, -0.15) is 0 Å². The molecule has 0 saturated carbocycles. The van der Waals surface area contributed by atoms with Gasteiger partial charge >= 0.3 is 0 Å². The van der Waals surface area contributed by atoms with Gasteiger partial charge in [-0.1, -0.05) is 13.0 Å². The largest absolute Gasteiger partial charge is 0.395 e. The summed E-state index contributed by atoms with van der Waals surface area (Å²) in [6, 6.07) is 4.11. The predicted molar refractivity (Wildman–Crippen MR) is 96.0 cm³/mol. The first-order valence-electron chi connectivity index (χ1n) is 8.37. The number of hydrogen-bond donors (Lipinski definition) is 2. The summed E-state index contributed by atoms with van der Waals surface area (Å²) in [4.78, 5) is 9.19. The molecular formula is C18H24N4O2. The minimum absolute atomic E-state index is 0.0286. The number of hydrogen-bond acceptors (Lipinski definition) is 5. The highest BCUT2D eigenvalue weighted by atomic mass is 16.5. The van der Waals surface area contributed by atoms with E-state index in [9.17, 15) is 5.11 Å². The Balaban J connectivity index is 2.41. The zero-order chi connectivity index (χ0) is 17.3. The number of aryl methyl sites for hydroxylation is 2. The smallest absolute Gasteiger partial charge is 0.152 e. The summed E-state index contributed by atoms with van der Waals surface area (Å²) in [5.74, 6) is 1.18. The van der Waals surface area contributed by atoms with E-state index in [1.807, 2.05) is 17.6 Å². The van der Waals surface area contributed by atoms with Crippen LogP contribution in [-0.4, -0.2) is 32.9 Å². The van der Waals surface area contributed by atoms with Crippen molar-refractivity contribution in [2.45, 2.75) is 40.3 Å². The number of aliphatic hydroxyl groups is 1. The van der Waals surface area contributed by atoms with Crippen LogP contribution in [-0.2, 0) is 24.3 Å². The molecule has 3 aromatic rings. The van der Waals surface area contributed by atoms with Gasteiger partial charge in [0.05, 0.1) is 17.6 Å². The van der Waals surface area contributed by atoms with Gasteiger partial charge in [0.2, 0.25) is 0 Å². The van der Waals surface area contributed by atoms with E-state index in [-0.39, 0.29) is 6.61 Å². The molecule has 6 heteroatoms. The number of pyridine rings is 1. The van der Waals surface area contributed by atoms with Crippen molar-refractivity contribution in [3.05, 3.63) is 29.1 Å². The Bertz CT molecular complexity index is 886. The third kappa shape index (κ3) is 2.61. The van der Waals surface area contributed by atoms with Crippen LogP contribution in [0.2, 0.25) is 0 Å². The number of nitrogens with two attached hydrogens (primary N) is 1. The highest BCUT2D eigenvalue weighted by Crippen LogP contribution is 2.32. The molecule has 0 bridgehead atoms. The normalized spacial score (nSPS) is 11.7. The lowest BCUT2D eigenvalue weighted by Crippen LogP contribution is -2.09. The topological polar surface area (TPSA) is 86.2 Å². The maximum absolute atomic E-state index is 9.52. The zero-order valence-corrected chi connectivity index (χ0v) is 14.5. The van der Waals surface area contributed by atoms with E-state index in [1.165, 1.54) is 11.1 Å². The molecule has 24 heavy (non-hydrogen) atoms. The van der Waals surface area contributed by atoms with Gasteiger partial charge in [-0.25, -0.2) is 9.97 Å². The van der Waals surface area contributed by atoms with Crippen LogP contribution in [0.15, 0.2) is 12.1 Å². The van der Waals surface area contributed by atoms with E-state index in [0.717, 1.165) is 28.7 Å². The molecule has 0 aliphatic heterocycles. The van der Waals surface area contributed by atoms with E-state index < -0.39 is 0 Å². The molecule has 0 saturated heterocycles. The number of fused-ring (bicyclic) bond motifs is 3. The third-order valence-corrected chi connectivity index (χ3v) is 4.46. The first-order chi connectivity index (χ1) is 11.6. The lowest BCUT2D eigenvalue weighted by molar-refractivity contribution is 0.125. The summed E-state index contributed by atoms with van der Waals surface area (Å²) in [7, 11) is 0. The molecule has 0 radical (unpaired) electrons. The number of nitrogen functional groups attached to an aromatic ring is 1. The predicted octanol–water partition coefficient (Wildman–Crippen LogP) is 2.57. The third-order valence-electron chi connectivity index (χ3n) is 4.46. The molecular weight excluding hydrogens is 304 g/mol. The molecule has 2 heterocycles. The molecule has 0 fully saturated rings. The monoisotopic (exact) mass is 328 g/mol. The molecule has 3 N–H and O–H groups in total. The number of imidazole rings is 1. The van der Waals surface area contributed by atoms with Gasteiger partial charge in [-0.15, -0.1) is 0 Å². The maximum Gasteiger partial charge on any atom is 0.152 e. The number of aromatic nitrogens is 3. The lowest BCUT2D eigenvalue weighted by atomic mass is 10.00. The van der Waals surface area contributed by atoms with Crippen LogP contribution in [0.3, 0.4) is 0 Å². The van der Waals surface area contributed by atoms with E-state index in [4.69, 9.17) is 10.5 Å². The zero-order valence-electron chi connectivity index (χ0n) is 14.5. The Labute approximate surface area is 141 Å². The number of rotatable bonds is 6. The van der Waals surface area contributed by atoms with Crippen LogP contribution >= 0.6 is 0 Å². The van der Waals surface area contributed by atoms with Crippen LogP contribution < -0.4 is 5.73 Å². The van der Waals surface area contributed by atoms with Crippen LogP contribution in [0.25, 0.3) is 21.9 Å². The molecule has 2 aromatic heterocycles. The van der Waals surface area contributed by atoms with Crippen molar-refractivity contribution < 1.29 is 9.84 Å². The van der Waals surface area contributed by atoms with Gasteiger partial charge in [0.1, 0.15) is 17.9 Å². The fourth-order valence-corrected chi connectivity index (χ4v) is 3.27. The SMILES string of the molecule is CCOCc1nc2c(N)nc3ccc(CC)c(C)c3c2n1CCO. The first kappa shape index (κ1) is 16.7. The maximum atomic E-state index is 9.52. The van der Waals surface area contributed by atoms with Crippen LogP contribution in [0, 0.1) is 6.92 Å². The first-order valence-corrected chi connectivity index (χ1v) is 8.37. The van der Waals surface area contributed by atoms with Crippen molar-refractivity contribution in [1.29, 1.82) is 0 Å². The molecule has 0 atom stereocenters. The van der Waals surface area contributed by atoms with Crippen LogP contribution in [0.1, 0.15) is 30.8 Å². The molecule has 0 aliphatic carbocycles. The molecule has 128 valence electrons. The molecule has 6 nitrogen and oxygen atoms in total. The average Bonchev–Trinajstić information content (AvgIpc) is 2.93. The van der Waals surface area contributed by atoms with E-state index in [0.29, 0.717) is 31.1 Å². The standard InChI is InChI=1S/C18H24N4O2/c1-4-12-6-7-13-15(11(12)3)17-16(18(19)20-13)21-14(10-24-5-2)22(17)8-9-23/h6-7,23H,4-5,8-10H2,1-3H3,(H2,19,20). The van der Waals surface area contributed by atoms with Crippen molar-refractivity contribution in [3.63, 3.8) is 0 Å². The van der Waals surface area contributed by atoms with Crippen molar-refractivity contribution in [2.24, 2.45) is 0 Å². The van der Waals surface area contributed by atoms with E-state index in [1.54, 1.807) is 0 Å². The molecule has 0 unspecified atom stereocenters. The van der Waals surface area contributed by atoms with Crippen LogP contribution in [0.4, 0.5) is 5.82 Å². The van der Waals surface area contributed by atoms with Crippen molar-refractivity contribution in [3.8, 4) is 0 Å². The summed E-state index contributed by atoms with van der Waals surface area (Å²) >= 11 is 0. The Morgan fingerprint density at radius 2 is 2.04 bits per heavy atom. The summed E-state index contributed by atoms with van der Waals surface area (Å²) in [6.45, 7) is 7.67. The van der Waals surface area contributed by atoms with Gasteiger partial charge < -0.3 is 20.1 Å². The van der Waals surface area contributed by atoms with Gasteiger partial charge in [0.15, 0.2) is 5.82 Å². The summed E-state index contributed by atoms with van der Waals surface area (Å²) in [5.41, 5.74) is 11.1. The number of nitrogens with zero attached hydrogens (tertiary/aromatic N) is 3. The van der Waals surface area contributed by atoms with Gasteiger partial charge in [-0.05, 0) is 37.5 Å². The minimum atomic E-state index is 0.0286. The van der Waals surface area contributed by atoms with Gasteiger partial charge in [0, 0.05) is 18.5 Å². The second kappa shape index (κ2) is 6.75. The number of aliphatic hydroxyl groups excluding tert-OH is 1. The molecule has 0 spiro atoms. The highest BCUT2D eigenvalue weighted by Gasteiger charge is 2.19. The van der Waals surface area contributed by atoms with E-state index >= 15 is 0 Å². The second-order valence-electron chi connectivity index (χ2n) is 5.83. The van der Waals surface area contributed by atoms with Crippen LogP contribution in [0.5, 0.6) is 0 Å². The van der Waals surface area contributed by atoms with Crippen molar-refractivity contribution >= 4 is 27.8 Å². The Morgan fingerprint density at radius 3 is 2.71 bits per heavy atom. The summed E-state index contributed by atoms with van der Waals surface area (Å²) in [5, 5.41) is 10.6. The van der Waals surface area contributed by atoms with Crippen molar-refractivity contribution in [1.82, 2.24) is 14.5 Å². The summed E-state index contributed by atoms with van der Waals surface area (Å²) in [6.07, 6.45) is 0.952. The van der Waals surface area contributed by atoms with Gasteiger partial charge in [0.25, 0.3) is 0 Å². The van der Waals surface area contributed by atoms with Gasteiger partial charge in [-0.3, -0.25) is 0 Å². The quantitative estimate of drug-likeness (QED) is 0.726. The van der Waals surface area contributed by atoms with E-state index in [2.05, 4.69) is 29.9 Å². The number of benzene rings is 1. The fraction of sp³-hybridized carbons (Fsp3) is 0.444. The average molecular weight is 328 g/mol. The molecule has 0 amide bonds. The second-order valence-corrected chi connectivity index (χ2v) is 5.83. The highest BCUT2D eigenvalue weighted by molar-refractivity contribution is 6.08. The lowest BCUT2D eigenvalue weighted by Gasteiger charge is -2.13. The Hall–Kier alpha value is -2.18. The number of anilines is 1. The van der Waals surface area contributed by atoms with Crippen molar-refractivity contribution in [2.75, 3.05) is 18.9 Å². The fourth-order valence-electron chi connectivity index (χ4n) is 3.27. The Kier molecular flexibility index (Phi) is 4.69. The molecule has 3 rings (SSSR count).